The van der Waals surface area contributed by atoms with E-state index in [1.165, 1.54) is 0 Å². The number of hydrogen-bond acceptors (Lipinski definition) is 5. The van der Waals surface area contributed by atoms with Crippen molar-refractivity contribution < 1.29 is 19.1 Å². The van der Waals surface area contributed by atoms with Crippen LogP contribution in [0.4, 0.5) is 0 Å². The average Bonchev–Trinajstić information content (AvgIpc) is 2.64. The summed E-state index contributed by atoms with van der Waals surface area (Å²) in [6.07, 6.45) is 0. The number of Topliss-reactive ketones (excluding diaryl/α,β-unsaturated/α-hetero) is 1. The average molecular weight is 325 g/mol. The summed E-state index contributed by atoms with van der Waals surface area (Å²) in [5, 5.41) is 0. The zero-order chi connectivity index (χ0) is 16.8. The van der Waals surface area contributed by atoms with Crippen LogP contribution in [0.5, 0.6) is 5.75 Å². The molecule has 2 aromatic carbocycles. The van der Waals surface area contributed by atoms with E-state index < -0.39 is 5.97 Å². The first-order valence-electron chi connectivity index (χ1n) is 7.93. The molecule has 0 atom stereocenters. The van der Waals surface area contributed by atoms with E-state index in [9.17, 15) is 9.59 Å². The van der Waals surface area contributed by atoms with Gasteiger partial charge in [-0.1, -0.05) is 18.2 Å². The number of carbonyl (C=O) groups excluding carboxylic acids is 2. The van der Waals surface area contributed by atoms with Crippen LogP contribution in [0.25, 0.3) is 0 Å². The van der Waals surface area contributed by atoms with E-state index in [4.69, 9.17) is 9.47 Å². The minimum absolute atomic E-state index is 0.0536. The van der Waals surface area contributed by atoms with Crippen molar-refractivity contribution in [3.05, 3.63) is 65.7 Å². The second kappa shape index (κ2) is 7.86. The lowest BCUT2D eigenvalue weighted by molar-refractivity contribution is 0.0371. The molecular formula is C19H19NO4. The van der Waals surface area contributed by atoms with Crippen molar-refractivity contribution in [2.45, 2.75) is 0 Å². The highest BCUT2D eigenvalue weighted by atomic mass is 16.5. The first-order valence-corrected chi connectivity index (χ1v) is 7.93. The fraction of sp³-hybridized carbons (Fsp3) is 0.263. The molecule has 0 saturated carbocycles. The van der Waals surface area contributed by atoms with Crippen molar-refractivity contribution in [2.75, 3.05) is 32.8 Å². The number of ether oxygens (including phenoxy) is 2. The number of rotatable bonds is 5. The summed E-state index contributed by atoms with van der Waals surface area (Å²) in [5.74, 6) is 0.0626. The molecule has 24 heavy (non-hydrogen) atoms. The molecule has 0 bridgehead atoms. The molecule has 1 saturated heterocycles. The monoisotopic (exact) mass is 325 g/mol. The molecule has 5 heteroatoms. The third-order valence-corrected chi connectivity index (χ3v) is 3.87. The topological polar surface area (TPSA) is 55.8 Å². The van der Waals surface area contributed by atoms with Gasteiger partial charge in [0.1, 0.15) is 5.75 Å². The molecule has 2 aromatic rings. The lowest BCUT2D eigenvalue weighted by Gasteiger charge is -2.25. The smallest absolute Gasteiger partial charge is 0.343 e. The minimum Gasteiger partial charge on any atom is -0.423 e. The van der Waals surface area contributed by atoms with Gasteiger partial charge >= 0.3 is 5.97 Å². The lowest BCUT2D eigenvalue weighted by atomic mass is 10.1. The van der Waals surface area contributed by atoms with Crippen molar-refractivity contribution in [2.24, 2.45) is 0 Å². The molecule has 1 aliphatic heterocycles. The molecule has 0 N–H and O–H groups in total. The third-order valence-electron chi connectivity index (χ3n) is 3.87. The molecule has 0 unspecified atom stereocenters. The van der Waals surface area contributed by atoms with Gasteiger partial charge < -0.3 is 9.47 Å². The zero-order valence-electron chi connectivity index (χ0n) is 13.3. The first-order chi connectivity index (χ1) is 11.7. The summed E-state index contributed by atoms with van der Waals surface area (Å²) < 4.78 is 10.6. The Morgan fingerprint density at radius 3 is 2.25 bits per heavy atom. The Hall–Kier alpha value is -2.50. The predicted molar refractivity (Wildman–Crippen MR) is 89.4 cm³/mol. The normalized spacial score (nSPS) is 15.0. The van der Waals surface area contributed by atoms with Crippen molar-refractivity contribution in [3.8, 4) is 5.75 Å². The Kier molecular flexibility index (Phi) is 5.36. The Bertz CT molecular complexity index is 691. The fourth-order valence-corrected chi connectivity index (χ4v) is 2.50. The summed E-state index contributed by atoms with van der Waals surface area (Å²) in [5.41, 5.74) is 1.10. The highest BCUT2D eigenvalue weighted by Gasteiger charge is 2.15. The Labute approximate surface area is 140 Å². The summed E-state index contributed by atoms with van der Waals surface area (Å²) >= 11 is 0. The van der Waals surface area contributed by atoms with Gasteiger partial charge in [-0.25, -0.2) is 4.79 Å². The fourth-order valence-electron chi connectivity index (χ4n) is 2.50. The van der Waals surface area contributed by atoms with E-state index in [1.807, 2.05) is 6.07 Å². The van der Waals surface area contributed by atoms with Gasteiger partial charge in [0.25, 0.3) is 0 Å². The molecule has 124 valence electrons. The highest BCUT2D eigenvalue weighted by molar-refractivity contribution is 5.98. The first kappa shape index (κ1) is 16.4. The number of carbonyl (C=O) groups is 2. The second-order valence-corrected chi connectivity index (χ2v) is 5.59. The van der Waals surface area contributed by atoms with Crippen LogP contribution < -0.4 is 4.74 Å². The molecule has 3 rings (SSSR count). The van der Waals surface area contributed by atoms with Gasteiger partial charge in [0.05, 0.1) is 25.3 Å². The van der Waals surface area contributed by atoms with Gasteiger partial charge in [0.15, 0.2) is 5.78 Å². The number of ketones is 1. The molecule has 1 fully saturated rings. The van der Waals surface area contributed by atoms with Crippen molar-refractivity contribution in [1.29, 1.82) is 0 Å². The van der Waals surface area contributed by atoms with Gasteiger partial charge in [0.2, 0.25) is 0 Å². The standard InChI is InChI=1S/C19H19NO4/c21-18(14-20-10-12-23-13-11-20)15-6-8-17(9-7-15)24-19(22)16-4-2-1-3-5-16/h1-9H,10-14H2. The van der Waals surface area contributed by atoms with Crippen LogP contribution in [0, 0.1) is 0 Å². The van der Waals surface area contributed by atoms with Gasteiger partial charge in [-0.15, -0.1) is 0 Å². The number of morpholine rings is 1. The van der Waals surface area contributed by atoms with Gasteiger partial charge in [0, 0.05) is 18.7 Å². The van der Waals surface area contributed by atoms with E-state index in [1.54, 1.807) is 48.5 Å². The van der Waals surface area contributed by atoms with Crippen LogP contribution in [0.1, 0.15) is 20.7 Å². The molecule has 0 aromatic heterocycles. The molecule has 0 amide bonds. The van der Waals surface area contributed by atoms with Gasteiger partial charge in [-0.05, 0) is 36.4 Å². The summed E-state index contributed by atoms with van der Waals surface area (Å²) in [4.78, 5) is 26.3. The zero-order valence-corrected chi connectivity index (χ0v) is 13.3. The Balaban J connectivity index is 1.58. The predicted octanol–water partition coefficient (Wildman–Crippen LogP) is 2.42. The third kappa shape index (κ3) is 4.28. The van der Waals surface area contributed by atoms with Crippen LogP contribution in [0.3, 0.4) is 0 Å². The Morgan fingerprint density at radius 1 is 0.917 bits per heavy atom. The second-order valence-electron chi connectivity index (χ2n) is 5.59. The molecule has 0 radical (unpaired) electrons. The van der Waals surface area contributed by atoms with Crippen LogP contribution in [0.2, 0.25) is 0 Å². The van der Waals surface area contributed by atoms with E-state index in [0.29, 0.717) is 36.6 Å². The SMILES string of the molecule is O=C(CN1CCOCC1)c1ccc(OC(=O)c2ccccc2)cc1. The van der Waals surface area contributed by atoms with E-state index in [2.05, 4.69) is 4.90 Å². The van der Waals surface area contributed by atoms with Crippen molar-refractivity contribution in [3.63, 3.8) is 0 Å². The van der Waals surface area contributed by atoms with E-state index in [-0.39, 0.29) is 5.78 Å². The number of esters is 1. The maximum Gasteiger partial charge on any atom is 0.343 e. The van der Waals surface area contributed by atoms with E-state index in [0.717, 1.165) is 13.1 Å². The summed E-state index contributed by atoms with van der Waals surface area (Å²) in [7, 11) is 0. The number of hydrogen-bond donors (Lipinski definition) is 0. The van der Waals surface area contributed by atoms with Crippen LogP contribution in [-0.4, -0.2) is 49.5 Å². The Morgan fingerprint density at radius 2 is 1.58 bits per heavy atom. The largest absolute Gasteiger partial charge is 0.423 e. The van der Waals surface area contributed by atoms with E-state index >= 15 is 0 Å². The summed E-state index contributed by atoms with van der Waals surface area (Å²) in [6.45, 7) is 3.27. The molecule has 0 spiro atoms. The van der Waals surface area contributed by atoms with Crippen LogP contribution in [0.15, 0.2) is 54.6 Å². The van der Waals surface area contributed by atoms with Crippen LogP contribution >= 0.6 is 0 Å². The molecule has 1 heterocycles. The molecular weight excluding hydrogens is 306 g/mol. The number of nitrogens with zero attached hydrogens (tertiary/aromatic N) is 1. The maximum absolute atomic E-state index is 12.3. The van der Waals surface area contributed by atoms with Crippen molar-refractivity contribution in [1.82, 2.24) is 4.90 Å². The molecule has 5 nitrogen and oxygen atoms in total. The van der Waals surface area contributed by atoms with Crippen molar-refractivity contribution >= 4 is 11.8 Å². The minimum atomic E-state index is -0.414. The van der Waals surface area contributed by atoms with Gasteiger partial charge in [-0.2, -0.15) is 0 Å². The maximum atomic E-state index is 12.3. The number of benzene rings is 2. The molecule has 1 aliphatic rings. The lowest BCUT2D eigenvalue weighted by Crippen LogP contribution is -2.39. The molecule has 0 aliphatic carbocycles. The quantitative estimate of drug-likeness (QED) is 0.480. The van der Waals surface area contributed by atoms with Gasteiger partial charge in [-0.3, -0.25) is 9.69 Å². The van der Waals surface area contributed by atoms with Crippen LogP contribution in [-0.2, 0) is 4.74 Å². The highest BCUT2D eigenvalue weighted by Crippen LogP contribution is 2.15. The summed E-state index contributed by atoms with van der Waals surface area (Å²) in [6, 6.07) is 15.5.